The summed E-state index contributed by atoms with van der Waals surface area (Å²) >= 11 is 0. The largest absolute Gasteiger partial charge is 0.482 e. The van der Waals surface area contributed by atoms with Crippen LogP contribution in [-0.2, 0) is 20.7 Å². The standard InChI is InChI=1S/C32H32N4O7/c1-41-32(40)27(14-21-16-33-25-9-8-23(15-24(21)25)43-18-29(37)38)35-31(39)19-7-10-28-26(13-19)34-30(20-11-12-42-17-20)36(28)22-5-3-2-4-6-22/h7-13,15-17,22,27,33H,2-6,14,18H2,1H3,(H,35,39)(H,37,38)/t27-/m0/s1. The number of fused-ring (bicyclic) bond motifs is 2. The second kappa shape index (κ2) is 12.0. The van der Waals surface area contributed by atoms with Gasteiger partial charge in [-0.1, -0.05) is 19.3 Å². The van der Waals surface area contributed by atoms with Gasteiger partial charge < -0.3 is 33.9 Å². The number of hydrogen-bond donors (Lipinski definition) is 3. The van der Waals surface area contributed by atoms with Gasteiger partial charge in [-0.3, -0.25) is 4.79 Å². The molecular weight excluding hydrogens is 552 g/mol. The van der Waals surface area contributed by atoms with Crippen molar-refractivity contribution in [3.8, 4) is 17.1 Å². The van der Waals surface area contributed by atoms with Gasteiger partial charge in [0.1, 0.15) is 23.9 Å². The number of aromatic amines is 1. The summed E-state index contributed by atoms with van der Waals surface area (Å²) in [5, 5.41) is 12.5. The number of imidazole rings is 1. The quantitative estimate of drug-likeness (QED) is 0.188. The van der Waals surface area contributed by atoms with Crippen LogP contribution in [0, 0.1) is 0 Å². The lowest BCUT2D eigenvalue weighted by atomic mass is 9.95. The maximum Gasteiger partial charge on any atom is 0.341 e. The van der Waals surface area contributed by atoms with E-state index in [2.05, 4.69) is 14.9 Å². The number of carbonyl (C=O) groups excluding carboxylic acids is 2. The zero-order valence-electron chi connectivity index (χ0n) is 23.7. The number of esters is 1. The number of nitrogens with one attached hydrogen (secondary N) is 2. The van der Waals surface area contributed by atoms with E-state index in [1.54, 1.807) is 49.1 Å². The second-order valence-electron chi connectivity index (χ2n) is 10.8. The zero-order valence-corrected chi connectivity index (χ0v) is 23.7. The molecule has 3 N–H and O–H groups in total. The van der Waals surface area contributed by atoms with E-state index in [9.17, 15) is 14.4 Å². The maximum atomic E-state index is 13.5. The van der Waals surface area contributed by atoms with Crippen LogP contribution in [0.2, 0.25) is 0 Å². The van der Waals surface area contributed by atoms with Crippen molar-refractivity contribution in [3.05, 3.63) is 72.3 Å². The SMILES string of the molecule is COC(=O)[C@H](Cc1c[nH]c2ccc(OCC(=O)O)cc12)NC(=O)c1ccc2c(c1)nc(-c1ccoc1)n2C1CCCCC1. The van der Waals surface area contributed by atoms with Crippen LogP contribution < -0.4 is 10.1 Å². The summed E-state index contributed by atoms with van der Waals surface area (Å²) in [7, 11) is 1.27. The fourth-order valence-electron chi connectivity index (χ4n) is 5.90. The summed E-state index contributed by atoms with van der Waals surface area (Å²) in [6.07, 6.45) is 10.9. The molecule has 0 aliphatic heterocycles. The van der Waals surface area contributed by atoms with E-state index < -0.39 is 30.5 Å². The third kappa shape index (κ3) is 5.83. The number of carbonyl (C=O) groups is 3. The molecule has 1 atom stereocenters. The topological polar surface area (TPSA) is 149 Å². The Bertz CT molecular complexity index is 1780. The predicted octanol–water partition coefficient (Wildman–Crippen LogP) is 5.26. The van der Waals surface area contributed by atoms with E-state index in [4.69, 9.17) is 24.0 Å². The lowest BCUT2D eigenvalue weighted by Crippen LogP contribution is -2.43. The zero-order chi connectivity index (χ0) is 29.9. The first-order valence-corrected chi connectivity index (χ1v) is 14.3. The minimum atomic E-state index is -1.08. The molecule has 11 nitrogen and oxygen atoms in total. The number of hydrogen-bond acceptors (Lipinski definition) is 7. The van der Waals surface area contributed by atoms with Gasteiger partial charge >= 0.3 is 11.9 Å². The number of methoxy groups -OCH3 is 1. The average molecular weight is 585 g/mol. The van der Waals surface area contributed by atoms with E-state index in [-0.39, 0.29) is 6.42 Å². The van der Waals surface area contributed by atoms with E-state index >= 15 is 0 Å². The van der Waals surface area contributed by atoms with Gasteiger partial charge in [0.2, 0.25) is 0 Å². The van der Waals surface area contributed by atoms with Crippen LogP contribution in [0.1, 0.15) is 54.1 Å². The molecule has 1 aliphatic carbocycles. The Morgan fingerprint density at radius 2 is 1.98 bits per heavy atom. The number of aromatic nitrogens is 3. The Morgan fingerprint density at radius 1 is 1.14 bits per heavy atom. The number of nitrogens with zero attached hydrogens (tertiary/aromatic N) is 2. The molecule has 0 bridgehead atoms. The van der Waals surface area contributed by atoms with E-state index in [0.29, 0.717) is 22.9 Å². The van der Waals surface area contributed by atoms with E-state index in [1.807, 2.05) is 12.1 Å². The molecule has 0 radical (unpaired) electrons. The molecule has 3 heterocycles. The van der Waals surface area contributed by atoms with Crippen LogP contribution in [0.4, 0.5) is 0 Å². The predicted molar refractivity (Wildman–Crippen MR) is 158 cm³/mol. The molecule has 11 heteroatoms. The number of ether oxygens (including phenoxy) is 2. The van der Waals surface area contributed by atoms with Gasteiger partial charge in [-0.05, 0) is 60.9 Å². The van der Waals surface area contributed by atoms with Gasteiger partial charge in [0.15, 0.2) is 6.61 Å². The van der Waals surface area contributed by atoms with Crippen molar-refractivity contribution in [2.45, 2.75) is 50.6 Å². The Morgan fingerprint density at radius 3 is 2.72 bits per heavy atom. The molecule has 5 aromatic rings. The fourth-order valence-corrected chi connectivity index (χ4v) is 5.90. The molecule has 1 aliphatic rings. The lowest BCUT2D eigenvalue weighted by molar-refractivity contribution is -0.143. The summed E-state index contributed by atoms with van der Waals surface area (Å²) in [4.78, 5) is 45.2. The number of carboxylic acids is 1. The van der Waals surface area contributed by atoms with Crippen molar-refractivity contribution in [2.24, 2.45) is 0 Å². The molecule has 0 saturated heterocycles. The van der Waals surface area contributed by atoms with Gasteiger partial charge in [0.25, 0.3) is 5.91 Å². The van der Waals surface area contributed by atoms with Crippen molar-refractivity contribution in [1.82, 2.24) is 19.9 Å². The molecule has 2 aromatic carbocycles. The fraction of sp³-hybridized carbons (Fsp3) is 0.312. The molecule has 0 spiro atoms. The Hall–Kier alpha value is -5.06. The number of aliphatic carboxylic acids is 1. The third-order valence-corrected chi connectivity index (χ3v) is 7.99. The molecular formula is C32H32N4O7. The molecule has 3 aromatic heterocycles. The Labute approximate surface area is 246 Å². The molecule has 43 heavy (non-hydrogen) atoms. The van der Waals surface area contributed by atoms with E-state index in [0.717, 1.165) is 59.1 Å². The molecule has 1 amide bonds. The number of benzene rings is 2. The third-order valence-electron chi connectivity index (χ3n) is 7.99. The first-order chi connectivity index (χ1) is 20.9. The van der Waals surface area contributed by atoms with Crippen molar-refractivity contribution in [1.29, 1.82) is 0 Å². The highest BCUT2D eigenvalue weighted by Crippen LogP contribution is 2.36. The monoisotopic (exact) mass is 584 g/mol. The van der Waals surface area contributed by atoms with Crippen LogP contribution in [0.15, 0.2) is 65.6 Å². The molecule has 1 fully saturated rings. The number of carboxylic acid groups (broad SMARTS) is 1. The highest BCUT2D eigenvalue weighted by atomic mass is 16.5. The van der Waals surface area contributed by atoms with Gasteiger partial charge in [-0.15, -0.1) is 0 Å². The first-order valence-electron chi connectivity index (χ1n) is 14.3. The smallest absolute Gasteiger partial charge is 0.341 e. The minimum Gasteiger partial charge on any atom is -0.482 e. The molecule has 1 saturated carbocycles. The van der Waals surface area contributed by atoms with Crippen LogP contribution in [0.3, 0.4) is 0 Å². The average Bonchev–Trinajstić information content (AvgIpc) is 3.78. The highest BCUT2D eigenvalue weighted by Gasteiger charge is 2.26. The summed E-state index contributed by atoms with van der Waals surface area (Å²) < 4.78 is 18.0. The Kier molecular flexibility index (Phi) is 7.86. The highest BCUT2D eigenvalue weighted by molar-refractivity contribution is 6.00. The van der Waals surface area contributed by atoms with Crippen LogP contribution in [-0.4, -0.2) is 57.2 Å². The maximum absolute atomic E-state index is 13.5. The molecule has 6 rings (SSSR count). The van der Waals surface area contributed by atoms with Crippen molar-refractivity contribution in [3.63, 3.8) is 0 Å². The van der Waals surface area contributed by atoms with Crippen molar-refractivity contribution in [2.75, 3.05) is 13.7 Å². The van der Waals surface area contributed by atoms with Crippen LogP contribution >= 0.6 is 0 Å². The number of H-pyrrole nitrogens is 1. The summed E-state index contributed by atoms with van der Waals surface area (Å²) in [6.45, 7) is -0.473. The van der Waals surface area contributed by atoms with Crippen molar-refractivity contribution < 1.29 is 33.4 Å². The van der Waals surface area contributed by atoms with Crippen LogP contribution in [0.5, 0.6) is 5.75 Å². The second-order valence-corrected chi connectivity index (χ2v) is 10.8. The first kappa shape index (κ1) is 28.1. The van der Waals surface area contributed by atoms with Crippen molar-refractivity contribution >= 4 is 39.8 Å². The normalized spacial score (nSPS) is 14.5. The lowest BCUT2D eigenvalue weighted by Gasteiger charge is -2.25. The molecule has 222 valence electrons. The number of furan rings is 1. The summed E-state index contributed by atoms with van der Waals surface area (Å²) in [6, 6.07) is 11.8. The Balaban J connectivity index is 1.27. The van der Waals surface area contributed by atoms with Gasteiger partial charge in [-0.2, -0.15) is 0 Å². The number of amides is 1. The number of rotatable bonds is 10. The van der Waals surface area contributed by atoms with Gasteiger partial charge in [-0.25, -0.2) is 14.6 Å². The van der Waals surface area contributed by atoms with Crippen LogP contribution in [0.25, 0.3) is 33.3 Å². The van der Waals surface area contributed by atoms with Gasteiger partial charge in [0, 0.05) is 35.1 Å². The van der Waals surface area contributed by atoms with Gasteiger partial charge in [0.05, 0.1) is 30.0 Å². The minimum absolute atomic E-state index is 0.143. The molecule has 0 unspecified atom stereocenters. The summed E-state index contributed by atoms with van der Waals surface area (Å²) in [5.41, 5.74) is 4.40. The van der Waals surface area contributed by atoms with E-state index in [1.165, 1.54) is 13.5 Å². The summed E-state index contributed by atoms with van der Waals surface area (Å²) in [5.74, 6) is -0.915.